The summed E-state index contributed by atoms with van der Waals surface area (Å²) in [5, 5.41) is 21.4. The van der Waals surface area contributed by atoms with Crippen LogP contribution in [0.3, 0.4) is 0 Å². The maximum Gasteiger partial charge on any atom is 0.327 e. The molecule has 140 valence electrons. The molecule has 1 aliphatic rings. The number of imide groups is 1. The van der Waals surface area contributed by atoms with E-state index in [1.54, 1.807) is 12.3 Å². The first-order valence-electron chi connectivity index (χ1n) is 8.32. The van der Waals surface area contributed by atoms with E-state index in [2.05, 4.69) is 4.98 Å². The smallest absolute Gasteiger partial charge is 0.327 e. The van der Waals surface area contributed by atoms with Gasteiger partial charge in [-0.25, -0.2) is 4.79 Å². The Balaban J connectivity index is 1.72. The predicted octanol–water partition coefficient (Wildman–Crippen LogP) is 2.37. The fraction of sp³-hybridized carbons (Fsp3) is 0.105. The zero-order valence-electron chi connectivity index (χ0n) is 14.3. The third kappa shape index (κ3) is 2.60. The van der Waals surface area contributed by atoms with Crippen LogP contribution in [-0.2, 0) is 11.2 Å². The van der Waals surface area contributed by atoms with E-state index in [1.165, 1.54) is 6.07 Å². The van der Waals surface area contributed by atoms with Gasteiger partial charge in [-0.05, 0) is 17.7 Å². The van der Waals surface area contributed by atoms with Gasteiger partial charge in [-0.2, -0.15) is 0 Å². The van der Waals surface area contributed by atoms with Gasteiger partial charge in [0.25, 0.3) is 17.5 Å². The van der Waals surface area contributed by atoms with E-state index in [1.807, 2.05) is 18.2 Å². The van der Waals surface area contributed by atoms with Crippen LogP contribution < -0.4 is 0 Å². The van der Waals surface area contributed by atoms with Crippen LogP contribution in [0.5, 0.6) is 0 Å². The lowest BCUT2D eigenvalue weighted by Crippen LogP contribution is -2.46. The number of hydrogen-bond donors (Lipinski definition) is 2. The number of nitro benzene ring substituents is 1. The number of nitro groups is 1. The molecule has 3 aromatic rings. The predicted molar refractivity (Wildman–Crippen MR) is 97.0 cm³/mol. The van der Waals surface area contributed by atoms with Gasteiger partial charge >= 0.3 is 5.97 Å². The number of para-hydroxylation sites is 1. The third-order valence-corrected chi connectivity index (χ3v) is 4.80. The van der Waals surface area contributed by atoms with Crippen LogP contribution in [0.25, 0.3) is 10.9 Å². The monoisotopic (exact) mass is 379 g/mol. The highest BCUT2D eigenvalue weighted by Crippen LogP contribution is 2.30. The second kappa shape index (κ2) is 6.31. The number of hydrogen-bond acceptors (Lipinski definition) is 5. The molecule has 0 saturated heterocycles. The van der Waals surface area contributed by atoms with Crippen molar-refractivity contribution >= 4 is 34.4 Å². The van der Waals surface area contributed by atoms with Gasteiger partial charge in [0.1, 0.15) is 6.04 Å². The van der Waals surface area contributed by atoms with Crippen molar-refractivity contribution in [1.82, 2.24) is 9.88 Å². The fourth-order valence-corrected chi connectivity index (χ4v) is 3.44. The first-order valence-corrected chi connectivity index (χ1v) is 8.32. The minimum atomic E-state index is -1.44. The van der Waals surface area contributed by atoms with Crippen molar-refractivity contribution in [1.29, 1.82) is 0 Å². The second-order valence-electron chi connectivity index (χ2n) is 6.38. The van der Waals surface area contributed by atoms with Crippen molar-refractivity contribution in [3.63, 3.8) is 0 Å². The molecule has 4 rings (SSSR count). The minimum absolute atomic E-state index is 0.0409. The summed E-state index contributed by atoms with van der Waals surface area (Å²) in [6.07, 6.45) is 1.55. The SMILES string of the molecule is O=C(O)C(Cc1c[nH]c2ccccc12)N1C(=O)c2ccc([N+](=O)[O-])cc2C1=O. The van der Waals surface area contributed by atoms with E-state index in [0.29, 0.717) is 10.5 Å². The number of nitrogens with one attached hydrogen (secondary N) is 1. The van der Waals surface area contributed by atoms with E-state index in [-0.39, 0.29) is 23.2 Å². The number of H-pyrrole nitrogens is 1. The number of aliphatic carboxylic acids is 1. The molecule has 9 heteroatoms. The molecule has 1 aromatic heterocycles. The number of nitrogens with zero attached hydrogens (tertiary/aromatic N) is 2. The highest BCUT2D eigenvalue weighted by Gasteiger charge is 2.43. The maximum absolute atomic E-state index is 12.7. The largest absolute Gasteiger partial charge is 0.480 e. The molecule has 0 bridgehead atoms. The van der Waals surface area contributed by atoms with Gasteiger partial charge in [0.05, 0.1) is 16.1 Å². The highest BCUT2D eigenvalue weighted by molar-refractivity contribution is 6.23. The molecule has 0 fully saturated rings. The Kier molecular flexibility index (Phi) is 3.92. The normalized spacial score (nSPS) is 14.4. The number of carbonyl (C=O) groups excluding carboxylic acids is 2. The molecule has 2 amide bonds. The Morgan fingerprint density at radius 2 is 1.86 bits per heavy atom. The Labute approximate surface area is 157 Å². The summed E-state index contributed by atoms with van der Waals surface area (Å²) in [5.41, 5.74) is 0.903. The summed E-state index contributed by atoms with van der Waals surface area (Å²) in [7, 11) is 0. The van der Waals surface area contributed by atoms with Gasteiger partial charge < -0.3 is 10.1 Å². The van der Waals surface area contributed by atoms with Crippen LogP contribution in [-0.4, -0.2) is 43.7 Å². The average molecular weight is 379 g/mol. The molecule has 2 N–H and O–H groups in total. The molecule has 1 aliphatic heterocycles. The lowest BCUT2D eigenvalue weighted by atomic mass is 10.0. The number of carboxylic acids is 1. The van der Waals surface area contributed by atoms with Gasteiger partial charge in [-0.3, -0.25) is 24.6 Å². The van der Waals surface area contributed by atoms with Crippen molar-refractivity contribution in [3.05, 3.63) is 75.5 Å². The van der Waals surface area contributed by atoms with E-state index >= 15 is 0 Å². The van der Waals surface area contributed by atoms with Gasteiger partial charge in [0.15, 0.2) is 0 Å². The lowest BCUT2D eigenvalue weighted by molar-refractivity contribution is -0.384. The number of carboxylic acid groups (broad SMARTS) is 1. The minimum Gasteiger partial charge on any atom is -0.480 e. The quantitative estimate of drug-likeness (QED) is 0.397. The Hall–Kier alpha value is -4.01. The molecular formula is C19H13N3O6. The summed E-state index contributed by atoms with van der Waals surface area (Å²) < 4.78 is 0. The molecule has 2 heterocycles. The first-order chi connectivity index (χ1) is 13.4. The molecule has 1 atom stereocenters. The standard InChI is InChI=1S/C19H13N3O6/c23-17-13-6-5-11(22(27)28)8-14(13)18(24)21(17)16(19(25)26)7-10-9-20-15-4-2-1-3-12(10)15/h1-6,8-9,16,20H,7H2,(H,25,26). The summed E-state index contributed by atoms with van der Waals surface area (Å²) in [4.78, 5) is 51.3. The van der Waals surface area contributed by atoms with Crippen LogP contribution in [0.1, 0.15) is 26.3 Å². The number of aromatic amines is 1. The number of amides is 2. The Morgan fingerprint density at radius 3 is 2.57 bits per heavy atom. The zero-order chi connectivity index (χ0) is 20.0. The molecule has 1 unspecified atom stereocenters. The molecule has 9 nitrogen and oxygen atoms in total. The van der Waals surface area contributed by atoms with Crippen molar-refractivity contribution in [2.45, 2.75) is 12.5 Å². The Bertz CT molecular complexity index is 1170. The fourth-order valence-electron chi connectivity index (χ4n) is 3.44. The first kappa shape index (κ1) is 17.4. The van der Waals surface area contributed by atoms with E-state index < -0.39 is 28.7 Å². The molecule has 28 heavy (non-hydrogen) atoms. The van der Waals surface area contributed by atoms with Crippen LogP contribution in [0.15, 0.2) is 48.7 Å². The number of aromatic nitrogens is 1. The van der Waals surface area contributed by atoms with Crippen LogP contribution in [0, 0.1) is 10.1 Å². The molecule has 2 aromatic carbocycles. The van der Waals surface area contributed by atoms with E-state index in [9.17, 15) is 29.6 Å². The third-order valence-electron chi connectivity index (χ3n) is 4.80. The van der Waals surface area contributed by atoms with Gasteiger partial charge in [0.2, 0.25) is 0 Å². The number of benzene rings is 2. The molecular weight excluding hydrogens is 366 g/mol. The summed E-state index contributed by atoms with van der Waals surface area (Å²) in [5.74, 6) is -2.97. The topological polar surface area (TPSA) is 134 Å². The van der Waals surface area contributed by atoms with Crippen LogP contribution >= 0.6 is 0 Å². The molecule has 0 radical (unpaired) electrons. The highest BCUT2D eigenvalue weighted by atomic mass is 16.6. The summed E-state index contributed by atoms with van der Waals surface area (Å²) >= 11 is 0. The number of carbonyl (C=O) groups is 3. The van der Waals surface area contributed by atoms with E-state index in [0.717, 1.165) is 23.0 Å². The van der Waals surface area contributed by atoms with Crippen molar-refractivity contribution in [2.75, 3.05) is 0 Å². The van der Waals surface area contributed by atoms with Crippen LogP contribution in [0.4, 0.5) is 5.69 Å². The van der Waals surface area contributed by atoms with Crippen molar-refractivity contribution in [2.24, 2.45) is 0 Å². The number of non-ortho nitro benzene ring substituents is 1. The van der Waals surface area contributed by atoms with Crippen molar-refractivity contribution < 1.29 is 24.4 Å². The maximum atomic E-state index is 12.7. The van der Waals surface area contributed by atoms with Crippen LogP contribution in [0.2, 0.25) is 0 Å². The number of rotatable bonds is 5. The lowest BCUT2D eigenvalue weighted by Gasteiger charge is -2.22. The summed E-state index contributed by atoms with van der Waals surface area (Å²) in [6, 6.07) is 9.12. The van der Waals surface area contributed by atoms with E-state index in [4.69, 9.17) is 0 Å². The molecule has 0 saturated carbocycles. The Morgan fingerprint density at radius 1 is 1.14 bits per heavy atom. The molecule has 0 spiro atoms. The van der Waals surface area contributed by atoms with Gasteiger partial charge in [-0.1, -0.05) is 18.2 Å². The van der Waals surface area contributed by atoms with Crippen molar-refractivity contribution in [3.8, 4) is 0 Å². The number of fused-ring (bicyclic) bond motifs is 2. The second-order valence-corrected chi connectivity index (χ2v) is 6.38. The zero-order valence-corrected chi connectivity index (χ0v) is 14.3. The summed E-state index contributed by atoms with van der Waals surface area (Å²) in [6.45, 7) is 0. The van der Waals surface area contributed by atoms with Gasteiger partial charge in [0, 0.05) is 35.7 Å². The van der Waals surface area contributed by atoms with Gasteiger partial charge in [-0.15, -0.1) is 0 Å². The molecule has 0 aliphatic carbocycles. The average Bonchev–Trinajstić information content (AvgIpc) is 3.19.